The highest BCUT2D eigenvalue weighted by Gasteiger charge is 2.19. The van der Waals surface area contributed by atoms with Gasteiger partial charge in [0.25, 0.3) is 0 Å². The van der Waals surface area contributed by atoms with Crippen LogP contribution < -0.4 is 19.5 Å². The van der Waals surface area contributed by atoms with E-state index in [0.717, 1.165) is 49.2 Å². The third-order valence-electron chi connectivity index (χ3n) is 4.72. The Morgan fingerprint density at radius 3 is 2.58 bits per heavy atom. The monoisotopic (exact) mass is 363 g/mol. The van der Waals surface area contributed by atoms with E-state index in [9.17, 15) is 0 Å². The Morgan fingerprint density at radius 1 is 1.19 bits per heavy atom. The molecule has 0 saturated carbocycles. The van der Waals surface area contributed by atoms with Crippen LogP contribution in [0.25, 0.3) is 0 Å². The maximum absolute atomic E-state index is 5.57. The highest BCUT2D eigenvalue weighted by atomic mass is 16.5. The molecule has 6 nitrogen and oxygen atoms in total. The molecule has 0 bridgehead atoms. The number of ether oxygens (including phenoxy) is 3. The first-order valence-corrected chi connectivity index (χ1v) is 9.45. The van der Waals surface area contributed by atoms with Gasteiger partial charge < -0.3 is 24.4 Å². The van der Waals surface area contributed by atoms with E-state index in [1.165, 1.54) is 12.8 Å². The molecule has 2 rings (SSSR count). The van der Waals surface area contributed by atoms with Gasteiger partial charge >= 0.3 is 0 Å². The first-order chi connectivity index (χ1) is 12.6. The minimum absolute atomic E-state index is 0.633. The standard InChI is InChI=1S/C20H33N3O3/c1-6-21-20(23-13-7-8-15(2)14-23)22-12-11-16-9-10-17(24-3)19(26-5)18(16)25-4/h9-10,15H,6-8,11-14H2,1-5H3,(H,21,22). The Bertz CT molecular complexity index is 604. The molecule has 1 atom stereocenters. The number of benzene rings is 1. The fourth-order valence-electron chi connectivity index (χ4n) is 3.45. The summed E-state index contributed by atoms with van der Waals surface area (Å²) in [6, 6.07) is 3.93. The minimum atomic E-state index is 0.633. The molecular formula is C20H33N3O3. The number of nitrogens with zero attached hydrogens (tertiary/aromatic N) is 2. The van der Waals surface area contributed by atoms with Gasteiger partial charge in [0, 0.05) is 31.7 Å². The summed E-state index contributed by atoms with van der Waals surface area (Å²) >= 11 is 0. The van der Waals surface area contributed by atoms with E-state index in [1.807, 2.05) is 12.1 Å². The number of likely N-dealkylation sites (tertiary alicyclic amines) is 1. The number of piperidine rings is 1. The maximum Gasteiger partial charge on any atom is 0.203 e. The zero-order valence-electron chi connectivity index (χ0n) is 16.8. The average molecular weight is 364 g/mol. The van der Waals surface area contributed by atoms with E-state index >= 15 is 0 Å². The van der Waals surface area contributed by atoms with Gasteiger partial charge in [-0.05, 0) is 38.2 Å². The molecular weight excluding hydrogens is 330 g/mol. The van der Waals surface area contributed by atoms with Crippen LogP contribution in [0, 0.1) is 5.92 Å². The van der Waals surface area contributed by atoms with Crippen LogP contribution in [0.4, 0.5) is 0 Å². The molecule has 1 aromatic carbocycles. The van der Waals surface area contributed by atoms with E-state index in [1.54, 1.807) is 21.3 Å². The van der Waals surface area contributed by atoms with Gasteiger partial charge in [0.2, 0.25) is 5.75 Å². The van der Waals surface area contributed by atoms with Crippen LogP contribution in [0.2, 0.25) is 0 Å². The maximum atomic E-state index is 5.57. The van der Waals surface area contributed by atoms with E-state index < -0.39 is 0 Å². The second-order valence-electron chi connectivity index (χ2n) is 6.67. The van der Waals surface area contributed by atoms with Crippen molar-refractivity contribution >= 4 is 5.96 Å². The Morgan fingerprint density at radius 2 is 1.96 bits per heavy atom. The topological polar surface area (TPSA) is 55.3 Å². The summed E-state index contributed by atoms with van der Waals surface area (Å²) in [7, 11) is 4.91. The highest BCUT2D eigenvalue weighted by Crippen LogP contribution is 2.39. The van der Waals surface area contributed by atoms with Crippen LogP contribution in [0.1, 0.15) is 32.3 Å². The van der Waals surface area contributed by atoms with Crippen LogP contribution in [-0.4, -0.2) is 58.4 Å². The second-order valence-corrected chi connectivity index (χ2v) is 6.67. The quantitative estimate of drug-likeness (QED) is 0.596. The smallest absolute Gasteiger partial charge is 0.203 e. The van der Waals surface area contributed by atoms with Gasteiger partial charge in [0.1, 0.15) is 0 Å². The normalized spacial score (nSPS) is 17.8. The molecule has 6 heteroatoms. The van der Waals surface area contributed by atoms with Crippen LogP contribution in [0.15, 0.2) is 17.1 Å². The largest absolute Gasteiger partial charge is 0.493 e. The van der Waals surface area contributed by atoms with E-state index in [0.29, 0.717) is 18.0 Å². The fraction of sp³-hybridized carbons (Fsp3) is 0.650. The first-order valence-electron chi connectivity index (χ1n) is 9.45. The molecule has 26 heavy (non-hydrogen) atoms. The summed E-state index contributed by atoms with van der Waals surface area (Å²) in [5.41, 5.74) is 1.07. The average Bonchev–Trinajstić information content (AvgIpc) is 2.66. The summed E-state index contributed by atoms with van der Waals surface area (Å²) in [4.78, 5) is 7.22. The van der Waals surface area contributed by atoms with Crippen molar-refractivity contribution in [2.45, 2.75) is 33.1 Å². The van der Waals surface area contributed by atoms with Crippen LogP contribution in [0.5, 0.6) is 17.2 Å². The van der Waals surface area contributed by atoms with Crippen molar-refractivity contribution in [3.05, 3.63) is 17.7 Å². The molecule has 1 aromatic rings. The third kappa shape index (κ3) is 4.96. The second kappa shape index (κ2) is 10.1. The van der Waals surface area contributed by atoms with E-state index in [-0.39, 0.29) is 0 Å². The van der Waals surface area contributed by atoms with Gasteiger partial charge in [-0.3, -0.25) is 4.99 Å². The Balaban J connectivity index is 2.11. The predicted octanol–water partition coefficient (Wildman–Crippen LogP) is 2.95. The summed E-state index contributed by atoms with van der Waals surface area (Å²) in [6.45, 7) is 8.15. The number of methoxy groups -OCH3 is 3. The molecule has 0 spiro atoms. The number of guanidine groups is 1. The predicted molar refractivity (Wildman–Crippen MR) is 106 cm³/mol. The molecule has 1 fully saturated rings. The number of nitrogens with one attached hydrogen (secondary N) is 1. The van der Waals surface area contributed by atoms with Gasteiger partial charge in [0.15, 0.2) is 17.5 Å². The van der Waals surface area contributed by atoms with Crippen molar-refractivity contribution in [2.24, 2.45) is 10.9 Å². The van der Waals surface area contributed by atoms with Gasteiger partial charge in [-0.15, -0.1) is 0 Å². The molecule has 1 unspecified atom stereocenters. The van der Waals surface area contributed by atoms with Crippen LogP contribution >= 0.6 is 0 Å². The lowest BCUT2D eigenvalue weighted by Gasteiger charge is -2.33. The third-order valence-corrected chi connectivity index (χ3v) is 4.72. The lowest BCUT2D eigenvalue weighted by Crippen LogP contribution is -2.46. The number of aliphatic imine (C=N–C) groups is 1. The summed E-state index contributed by atoms with van der Waals surface area (Å²) in [5.74, 6) is 3.76. The van der Waals surface area contributed by atoms with Gasteiger partial charge in [0.05, 0.1) is 21.3 Å². The first kappa shape index (κ1) is 20.2. The Labute approximate surface area is 157 Å². The van der Waals surface area contributed by atoms with E-state index in [2.05, 4.69) is 24.1 Å². The van der Waals surface area contributed by atoms with Crippen LogP contribution in [0.3, 0.4) is 0 Å². The fourth-order valence-corrected chi connectivity index (χ4v) is 3.45. The molecule has 1 heterocycles. The number of hydrogen-bond donors (Lipinski definition) is 1. The van der Waals surface area contributed by atoms with Crippen LogP contribution in [-0.2, 0) is 6.42 Å². The SMILES string of the molecule is CCNC(=NCCc1ccc(OC)c(OC)c1OC)N1CCCC(C)C1. The summed E-state index contributed by atoms with van der Waals surface area (Å²) < 4.78 is 16.4. The Hall–Kier alpha value is -2.11. The molecule has 0 radical (unpaired) electrons. The van der Waals surface area contributed by atoms with Gasteiger partial charge in [-0.25, -0.2) is 0 Å². The Kier molecular flexibility index (Phi) is 7.88. The van der Waals surface area contributed by atoms with Crippen molar-refractivity contribution in [3.8, 4) is 17.2 Å². The molecule has 146 valence electrons. The van der Waals surface area contributed by atoms with Crippen molar-refractivity contribution in [1.29, 1.82) is 0 Å². The molecule has 1 saturated heterocycles. The summed E-state index contributed by atoms with van der Waals surface area (Å²) in [6.07, 6.45) is 3.32. The lowest BCUT2D eigenvalue weighted by atomic mass is 10.0. The van der Waals surface area contributed by atoms with Gasteiger partial charge in [-0.2, -0.15) is 0 Å². The van der Waals surface area contributed by atoms with Crippen molar-refractivity contribution in [3.63, 3.8) is 0 Å². The van der Waals surface area contributed by atoms with Gasteiger partial charge in [-0.1, -0.05) is 13.0 Å². The zero-order chi connectivity index (χ0) is 18.9. The minimum Gasteiger partial charge on any atom is -0.493 e. The van der Waals surface area contributed by atoms with Crippen molar-refractivity contribution < 1.29 is 14.2 Å². The van der Waals surface area contributed by atoms with Crippen molar-refractivity contribution in [2.75, 3.05) is 47.5 Å². The molecule has 0 amide bonds. The molecule has 1 aliphatic rings. The number of rotatable bonds is 7. The summed E-state index contributed by atoms with van der Waals surface area (Å²) in [5, 5.41) is 3.43. The van der Waals surface area contributed by atoms with Crippen molar-refractivity contribution in [1.82, 2.24) is 10.2 Å². The lowest BCUT2D eigenvalue weighted by molar-refractivity contribution is 0.266. The molecule has 1 aliphatic heterocycles. The number of hydrogen-bond acceptors (Lipinski definition) is 4. The zero-order valence-corrected chi connectivity index (χ0v) is 16.8. The molecule has 0 aliphatic carbocycles. The van der Waals surface area contributed by atoms with E-state index in [4.69, 9.17) is 19.2 Å². The highest BCUT2D eigenvalue weighted by molar-refractivity contribution is 5.80. The molecule has 0 aromatic heterocycles. The molecule has 1 N–H and O–H groups in total.